The van der Waals surface area contributed by atoms with Crippen LogP contribution in [-0.2, 0) is 6.42 Å². The van der Waals surface area contributed by atoms with Crippen LogP contribution in [0.3, 0.4) is 0 Å². The summed E-state index contributed by atoms with van der Waals surface area (Å²) in [5.74, 6) is 0. The minimum Gasteiger partial charge on any atom is -0.278 e. The van der Waals surface area contributed by atoms with Gasteiger partial charge in [-0.25, -0.2) is 0 Å². The van der Waals surface area contributed by atoms with E-state index in [0.717, 1.165) is 5.52 Å². The molecule has 0 fully saturated rings. The minimum absolute atomic E-state index is 1.15. The fraction of sp³-hybridized carbons (Fsp3) is 0.417. The number of hydrogen-bond acceptors (Lipinski definition) is 1. The third-order valence-electron chi connectivity index (χ3n) is 2.62. The normalized spacial score (nSPS) is 10.9. The van der Waals surface area contributed by atoms with Gasteiger partial charge in [0.2, 0.25) is 0 Å². The molecule has 1 aromatic carbocycles. The Labute approximate surface area is 84.3 Å². The molecule has 0 aliphatic heterocycles. The van der Waals surface area contributed by atoms with Gasteiger partial charge in [-0.2, -0.15) is 5.10 Å². The van der Waals surface area contributed by atoms with E-state index in [1.54, 1.807) is 0 Å². The van der Waals surface area contributed by atoms with Gasteiger partial charge in [0.15, 0.2) is 0 Å². The maximum absolute atomic E-state index is 4.07. The van der Waals surface area contributed by atoms with Gasteiger partial charge in [-0.1, -0.05) is 31.9 Å². The van der Waals surface area contributed by atoms with Crippen LogP contribution in [0.5, 0.6) is 0 Å². The lowest BCUT2D eigenvalue weighted by molar-refractivity contribution is 0.720. The summed E-state index contributed by atoms with van der Waals surface area (Å²) >= 11 is 0. The van der Waals surface area contributed by atoms with Crippen molar-refractivity contribution in [2.45, 2.75) is 32.6 Å². The number of aryl methyl sites for hydroxylation is 1. The molecule has 0 spiro atoms. The van der Waals surface area contributed by atoms with E-state index in [1.165, 1.54) is 36.6 Å². The first-order valence-electron chi connectivity index (χ1n) is 5.33. The first kappa shape index (κ1) is 9.25. The molecule has 0 amide bonds. The van der Waals surface area contributed by atoms with Crippen LogP contribution in [0.2, 0.25) is 0 Å². The number of unbranched alkanes of at least 4 members (excludes halogenated alkanes) is 2. The maximum atomic E-state index is 4.07. The van der Waals surface area contributed by atoms with Crippen molar-refractivity contribution >= 4 is 10.9 Å². The molecule has 1 heterocycles. The smallest absolute Gasteiger partial charge is 0.0653 e. The molecule has 2 heteroatoms. The van der Waals surface area contributed by atoms with Crippen LogP contribution in [0.25, 0.3) is 10.9 Å². The second kappa shape index (κ2) is 4.27. The van der Waals surface area contributed by atoms with E-state index < -0.39 is 0 Å². The fourth-order valence-electron chi connectivity index (χ4n) is 1.81. The van der Waals surface area contributed by atoms with Crippen molar-refractivity contribution in [1.29, 1.82) is 0 Å². The Morgan fingerprint density at radius 2 is 2.21 bits per heavy atom. The molecule has 0 bridgehead atoms. The van der Waals surface area contributed by atoms with Crippen molar-refractivity contribution in [1.82, 2.24) is 10.2 Å². The van der Waals surface area contributed by atoms with Gasteiger partial charge in [0.25, 0.3) is 0 Å². The summed E-state index contributed by atoms with van der Waals surface area (Å²) in [4.78, 5) is 0. The molecule has 0 saturated heterocycles. The topological polar surface area (TPSA) is 28.7 Å². The van der Waals surface area contributed by atoms with E-state index in [-0.39, 0.29) is 0 Å². The lowest BCUT2D eigenvalue weighted by Crippen LogP contribution is -1.85. The van der Waals surface area contributed by atoms with Crippen LogP contribution in [0.4, 0.5) is 0 Å². The van der Waals surface area contributed by atoms with Crippen molar-refractivity contribution in [3.05, 3.63) is 30.0 Å². The van der Waals surface area contributed by atoms with Gasteiger partial charge in [0.1, 0.15) is 0 Å². The molecule has 0 saturated carbocycles. The molecule has 0 aliphatic carbocycles. The van der Waals surface area contributed by atoms with Crippen LogP contribution in [-0.4, -0.2) is 10.2 Å². The van der Waals surface area contributed by atoms with Crippen LogP contribution in [0.1, 0.15) is 31.7 Å². The summed E-state index contributed by atoms with van der Waals surface area (Å²) in [6, 6.07) is 6.38. The summed E-state index contributed by atoms with van der Waals surface area (Å²) in [6.07, 6.45) is 6.97. The van der Waals surface area contributed by atoms with E-state index in [9.17, 15) is 0 Å². The Morgan fingerprint density at radius 1 is 1.29 bits per heavy atom. The number of fused-ring (bicyclic) bond motifs is 1. The van der Waals surface area contributed by atoms with Crippen molar-refractivity contribution in [3.8, 4) is 0 Å². The number of H-pyrrole nitrogens is 1. The summed E-state index contributed by atoms with van der Waals surface area (Å²) < 4.78 is 0. The molecule has 2 rings (SSSR count). The van der Waals surface area contributed by atoms with E-state index in [4.69, 9.17) is 0 Å². The largest absolute Gasteiger partial charge is 0.278 e. The highest BCUT2D eigenvalue weighted by Gasteiger charge is 2.01. The molecule has 0 radical (unpaired) electrons. The van der Waals surface area contributed by atoms with Crippen molar-refractivity contribution < 1.29 is 0 Å². The molecule has 2 nitrogen and oxygen atoms in total. The first-order chi connectivity index (χ1) is 6.92. The second-order valence-electron chi connectivity index (χ2n) is 3.71. The van der Waals surface area contributed by atoms with Crippen molar-refractivity contribution in [2.75, 3.05) is 0 Å². The number of benzene rings is 1. The Balaban J connectivity index is 2.19. The summed E-state index contributed by atoms with van der Waals surface area (Å²) in [5, 5.41) is 8.35. The standard InChI is InChI=1S/C12H16N2/c1-2-3-4-6-10-7-5-8-12-11(10)9-13-14-12/h5,7-9H,2-4,6H2,1H3,(H,13,14). The van der Waals surface area contributed by atoms with Gasteiger partial charge in [-0.15, -0.1) is 0 Å². The van der Waals surface area contributed by atoms with Gasteiger partial charge in [-0.3, -0.25) is 5.10 Å². The number of aromatic amines is 1. The van der Waals surface area contributed by atoms with Crippen LogP contribution < -0.4 is 0 Å². The lowest BCUT2D eigenvalue weighted by atomic mass is 10.0. The monoisotopic (exact) mass is 188 g/mol. The minimum atomic E-state index is 1.15. The highest BCUT2D eigenvalue weighted by molar-refractivity contribution is 5.81. The van der Waals surface area contributed by atoms with E-state index in [1.807, 2.05) is 6.20 Å². The van der Waals surface area contributed by atoms with Crippen molar-refractivity contribution in [3.63, 3.8) is 0 Å². The maximum Gasteiger partial charge on any atom is 0.0653 e. The molecule has 0 atom stereocenters. The molecule has 1 N–H and O–H groups in total. The zero-order valence-electron chi connectivity index (χ0n) is 8.59. The molecule has 74 valence electrons. The summed E-state index contributed by atoms with van der Waals surface area (Å²) in [7, 11) is 0. The average molecular weight is 188 g/mol. The fourth-order valence-corrected chi connectivity index (χ4v) is 1.81. The Kier molecular flexibility index (Phi) is 2.82. The highest BCUT2D eigenvalue weighted by Crippen LogP contribution is 2.18. The van der Waals surface area contributed by atoms with E-state index in [0.29, 0.717) is 0 Å². The van der Waals surface area contributed by atoms with E-state index >= 15 is 0 Å². The third-order valence-corrected chi connectivity index (χ3v) is 2.62. The first-order valence-corrected chi connectivity index (χ1v) is 5.33. The molecule has 1 aromatic heterocycles. The predicted molar refractivity (Wildman–Crippen MR) is 59.3 cm³/mol. The Morgan fingerprint density at radius 3 is 3.07 bits per heavy atom. The molecule has 0 unspecified atom stereocenters. The van der Waals surface area contributed by atoms with Gasteiger partial charge in [0.05, 0.1) is 11.7 Å². The zero-order chi connectivity index (χ0) is 9.80. The summed E-state index contributed by atoms with van der Waals surface area (Å²) in [6.45, 7) is 2.23. The molecular formula is C12H16N2. The van der Waals surface area contributed by atoms with Crippen LogP contribution in [0.15, 0.2) is 24.4 Å². The van der Waals surface area contributed by atoms with Gasteiger partial charge in [-0.05, 0) is 24.5 Å². The molecule has 2 aromatic rings. The van der Waals surface area contributed by atoms with E-state index in [2.05, 4.69) is 35.3 Å². The highest BCUT2D eigenvalue weighted by atomic mass is 15.1. The third kappa shape index (κ3) is 1.79. The van der Waals surface area contributed by atoms with Gasteiger partial charge in [0, 0.05) is 5.39 Å². The molecular weight excluding hydrogens is 172 g/mol. The molecule has 14 heavy (non-hydrogen) atoms. The summed E-state index contributed by atoms with van der Waals surface area (Å²) in [5.41, 5.74) is 2.57. The zero-order valence-corrected chi connectivity index (χ0v) is 8.59. The number of nitrogens with one attached hydrogen (secondary N) is 1. The van der Waals surface area contributed by atoms with Crippen molar-refractivity contribution in [2.24, 2.45) is 0 Å². The van der Waals surface area contributed by atoms with Gasteiger partial charge >= 0.3 is 0 Å². The van der Waals surface area contributed by atoms with Crippen LogP contribution in [0, 0.1) is 0 Å². The lowest BCUT2D eigenvalue weighted by Gasteiger charge is -2.01. The average Bonchev–Trinajstić information content (AvgIpc) is 2.67. The Hall–Kier alpha value is -1.31. The predicted octanol–water partition coefficient (Wildman–Crippen LogP) is 3.30. The quantitative estimate of drug-likeness (QED) is 0.733. The van der Waals surface area contributed by atoms with Crippen LogP contribution >= 0.6 is 0 Å². The second-order valence-corrected chi connectivity index (χ2v) is 3.71. The van der Waals surface area contributed by atoms with Gasteiger partial charge < -0.3 is 0 Å². The number of aromatic nitrogens is 2. The molecule has 0 aliphatic rings. The number of rotatable bonds is 4. The Bertz CT molecular complexity index is 403. The number of hydrogen-bond donors (Lipinski definition) is 1. The SMILES string of the molecule is CCCCCc1cccc2[nH]ncc12. The number of nitrogens with zero attached hydrogens (tertiary/aromatic N) is 1.